The van der Waals surface area contributed by atoms with Gasteiger partial charge in [0.2, 0.25) is 0 Å². The van der Waals surface area contributed by atoms with E-state index in [-0.39, 0.29) is 24.5 Å². The van der Waals surface area contributed by atoms with Gasteiger partial charge in [0.05, 0.1) is 11.3 Å². The number of ether oxygens (including phenoxy) is 1. The summed E-state index contributed by atoms with van der Waals surface area (Å²) in [5.41, 5.74) is 0.980. The largest absolute Gasteiger partial charge is 0.377 e. The first-order valence-corrected chi connectivity index (χ1v) is 4.65. The molecule has 0 amide bonds. The van der Waals surface area contributed by atoms with Crippen LogP contribution in [0.15, 0.2) is 12.3 Å². The Hall–Kier alpha value is -1.82. The Bertz CT molecular complexity index is 417. The van der Waals surface area contributed by atoms with E-state index in [4.69, 9.17) is 0 Å². The Balaban J connectivity index is 2.81. The predicted molar refractivity (Wildman–Crippen MR) is 56.2 cm³/mol. The van der Waals surface area contributed by atoms with Crippen molar-refractivity contribution in [2.45, 2.75) is 13.3 Å². The molecule has 0 radical (unpaired) electrons. The molecule has 0 aliphatic heterocycles. The molecule has 0 atom stereocenters. The summed E-state index contributed by atoms with van der Waals surface area (Å²) in [5.74, 6) is -0.108. The molecule has 0 spiro atoms. The number of hydrogen-bond acceptors (Lipinski definition) is 5. The topological polar surface area (TPSA) is 82.3 Å². The normalized spacial score (nSPS) is 10.1. The van der Waals surface area contributed by atoms with Crippen molar-refractivity contribution in [1.82, 2.24) is 4.98 Å². The zero-order chi connectivity index (χ0) is 12.1. The zero-order valence-corrected chi connectivity index (χ0v) is 9.10. The lowest BCUT2D eigenvalue weighted by Crippen LogP contribution is -2.11. The van der Waals surface area contributed by atoms with E-state index in [1.807, 2.05) is 0 Å². The Morgan fingerprint density at radius 2 is 2.31 bits per heavy atom. The van der Waals surface area contributed by atoms with Crippen LogP contribution in [0.25, 0.3) is 0 Å². The molecule has 1 aromatic rings. The van der Waals surface area contributed by atoms with E-state index >= 15 is 0 Å². The van der Waals surface area contributed by atoms with Crippen LogP contribution in [0.5, 0.6) is 0 Å². The molecule has 1 rings (SSSR count). The molecular weight excluding hydrogens is 212 g/mol. The van der Waals surface area contributed by atoms with Gasteiger partial charge in [-0.15, -0.1) is 0 Å². The summed E-state index contributed by atoms with van der Waals surface area (Å²) < 4.78 is 4.68. The number of carbonyl (C=O) groups is 1. The van der Waals surface area contributed by atoms with E-state index in [0.717, 1.165) is 0 Å². The van der Waals surface area contributed by atoms with Gasteiger partial charge >= 0.3 is 0 Å². The number of hydrogen-bond donors (Lipinski definition) is 0. The van der Waals surface area contributed by atoms with Crippen molar-refractivity contribution in [3.8, 4) is 0 Å². The van der Waals surface area contributed by atoms with Gasteiger partial charge in [0.25, 0.3) is 5.69 Å². The van der Waals surface area contributed by atoms with Gasteiger partial charge in [-0.3, -0.25) is 19.9 Å². The van der Waals surface area contributed by atoms with Crippen LogP contribution >= 0.6 is 0 Å². The van der Waals surface area contributed by atoms with Crippen LogP contribution in [-0.4, -0.2) is 29.4 Å². The Kier molecular flexibility index (Phi) is 4.07. The Morgan fingerprint density at radius 3 is 2.81 bits per heavy atom. The number of rotatable bonds is 5. The first kappa shape index (κ1) is 12.3. The highest BCUT2D eigenvalue weighted by molar-refractivity contribution is 5.81. The van der Waals surface area contributed by atoms with Gasteiger partial charge in [-0.25, -0.2) is 0 Å². The molecule has 1 aromatic heterocycles. The van der Waals surface area contributed by atoms with Crippen molar-refractivity contribution in [3.05, 3.63) is 33.6 Å². The molecular formula is C10H12N2O4. The van der Waals surface area contributed by atoms with E-state index in [1.54, 1.807) is 13.0 Å². The van der Waals surface area contributed by atoms with Crippen LogP contribution in [0, 0.1) is 17.0 Å². The molecule has 0 aromatic carbocycles. The van der Waals surface area contributed by atoms with Crippen LogP contribution in [0.4, 0.5) is 5.69 Å². The number of nitro groups is 1. The number of carbonyl (C=O) groups excluding carboxylic acids is 1. The number of aryl methyl sites for hydroxylation is 1. The maximum absolute atomic E-state index is 11.2. The molecule has 6 heteroatoms. The highest BCUT2D eigenvalue weighted by atomic mass is 16.6. The summed E-state index contributed by atoms with van der Waals surface area (Å²) in [6.45, 7) is 1.64. The third-order valence-electron chi connectivity index (χ3n) is 2.02. The fourth-order valence-electron chi connectivity index (χ4n) is 1.31. The molecule has 86 valence electrons. The quantitative estimate of drug-likeness (QED) is 0.551. The zero-order valence-electron chi connectivity index (χ0n) is 9.10. The average Bonchev–Trinajstić information content (AvgIpc) is 2.17. The monoisotopic (exact) mass is 224 g/mol. The van der Waals surface area contributed by atoms with Crippen LogP contribution in [0.1, 0.15) is 11.3 Å². The average molecular weight is 224 g/mol. The van der Waals surface area contributed by atoms with Crippen molar-refractivity contribution < 1.29 is 14.5 Å². The number of aromatic nitrogens is 1. The summed E-state index contributed by atoms with van der Waals surface area (Å²) >= 11 is 0. The smallest absolute Gasteiger partial charge is 0.290 e. The highest BCUT2D eigenvalue weighted by Crippen LogP contribution is 2.16. The Morgan fingerprint density at radius 1 is 1.62 bits per heavy atom. The molecule has 0 saturated heterocycles. The van der Waals surface area contributed by atoms with E-state index in [1.165, 1.54) is 13.3 Å². The number of pyridine rings is 1. The van der Waals surface area contributed by atoms with Gasteiger partial charge in [0.15, 0.2) is 5.78 Å². The SMILES string of the molecule is COCC(=O)Cc1cc(C)c([N+](=O)[O-])cn1. The molecule has 0 aliphatic carbocycles. The predicted octanol–water partition coefficient (Wildman–Crippen LogP) is 1.06. The van der Waals surface area contributed by atoms with Crippen molar-refractivity contribution >= 4 is 11.5 Å². The van der Waals surface area contributed by atoms with Crippen LogP contribution in [-0.2, 0) is 16.0 Å². The number of Topliss-reactive ketones (excluding diaryl/α,β-unsaturated/α-hetero) is 1. The standard InChI is InChI=1S/C10H12N2O4/c1-7-3-8(4-9(13)6-16-2)11-5-10(7)12(14)15/h3,5H,4,6H2,1-2H3. The second kappa shape index (κ2) is 5.32. The first-order chi connectivity index (χ1) is 7.54. The van der Waals surface area contributed by atoms with E-state index in [0.29, 0.717) is 11.3 Å². The highest BCUT2D eigenvalue weighted by Gasteiger charge is 2.12. The minimum Gasteiger partial charge on any atom is -0.377 e. The van der Waals surface area contributed by atoms with Gasteiger partial charge in [0, 0.05) is 18.4 Å². The molecule has 0 unspecified atom stereocenters. The maximum atomic E-state index is 11.2. The molecule has 6 nitrogen and oxygen atoms in total. The van der Waals surface area contributed by atoms with Gasteiger partial charge in [-0.1, -0.05) is 0 Å². The Labute approximate surface area is 92.4 Å². The third-order valence-corrected chi connectivity index (χ3v) is 2.02. The molecule has 0 fully saturated rings. The van der Waals surface area contributed by atoms with Crippen molar-refractivity contribution in [1.29, 1.82) is 0 Å². The van der Waals surface area contributed by atoms with Crippen LogP contribution in [0.3, 0.4) is 0 Å². The second-order valence-electron chi connectivity index (χ2n) is 3.37. The van der Waals surface area contributed by atoms with Gasteiger partial charge in [0.1, 0.15) is 12.8 Å². The summed E-state index contributed by atoms with van der Waals surface area (Å²) in [4.78, 5) is 25.1. The minimum atomic E-state index is -0.497. The summed E-state index contributed by atoms with van der Waals surface area (Å²) in [5, 5.41) is 10.5. The first-order valence-electron chi connectivity index (χ1n) is 4.65. The number of nitrogens with zero attached hydrogens (tertiary/aromatic N) is 2. The molecule has 0 N–H and O–H groups in total. The lowest BCUT2D eigenvalue weighted by molar-refractivity contribution is -0.385. The summed E-state index contributed by atoms with van der Waals surface area (Å²) in [6, 6.07) is 1.55. The minimum absolute atomic E-state index is 0.0255. The summed E-state index contributed by atoms with van der Waals surface area (Å²) in [6.07, 6.45) is 1.30. The molecule has 0 saturated carbocycles. The lowest BCUT2D eigenvalue weighted by Gasteiger charge is -2.01. The van der Waals surface area contributed by atoms with Crippen LogP contribution < -0.4 is 0 Å². The van der Waals surface area contributed by atoms with Crippen molar-refractivity contribution in [2.24, 2.45) is 0 Å². The van der Waals surface area contributed by atoms with Crippen molar-refractivity contribution in [2.75, 3.05) is 13.7 Å². The van der Waals surface area contributed by atoms with Gasteiger partial charge < -0.3 is 4.74 Å². The lowest BCUT2D eigenvalue weighted by atomic mass is 10.1. The third kappa shape index (κ3) is 3.09. The fourth-order valence-corrected chi connectivity index (χ4v) is 1.31. The van der Waals surface area contributed by atoms with Crippen LogP contribution in [0.2, 0.25) is 0 Å². The van der Waals surface area contributed by atoms with Crippen molar-refractivity contribution in [3.63, 3.8) is 0 Å². The molecule has 16 heavy (non-hydrogen) atoms. The maximum Gasteiger partial charge on any atom is 0.290 e. The number of ketones is 1. The van der Waals surface area contributed by atoms with E-state index in [2.05, 4.69) is 9.72 Å². The fraction of sp³-hybridized carbons (Fsp3) is 0.400. The number of methoxy groups -OCH3 is 1. The molecule has 0 aliphatic rings. The van der Waals surface area contributed by atoms with Gasteiger partial charge in [-0.05, 0) is 13.0 Å². The van der Waals surface area contributed by atoms with E-state index in [9.17, 15) is 14.9 Å². The second-order valence-corrected chi connectivity index (χ2v) is 3.37. The summed E-state index contributed by atoms with van der Waals surface area (Å²) in [7, 11) is 1.44. The molecule has 1 heterocycles. The molecule has 0 bridgehead atoms. The van der Waals surface area contributed by atoms with E-state index < -0.39 is 4.92 Å². The van der Waals surface area contributed by atoms with Gasteiger partial charge in [-0.2, -0.15) is 0 Å².